The van der Waals surface area contributed by atoms with Crippen LogP contribution in [0.2, 0.25) is 0 Å². The summed E-state index contributed by atoms with van der Waals surface area (Å²) in [7, 11) is -3.05. The topological polar surface area (TPSA) is 92.3 Å². The molecular formula is C18H22N4O3S. The summed E-state index contributed by atoms with van der Waals surface area (Å²) >= 11 is 0. The number of hydrogen-bond donors (Lipinski definition) is 1. The Bertz CT molecular complexity index is 871. The largest absolute Gasteiger partial charge is 0.381 e. The first-order valence-corrected chi connectivity index (χ1v) is 10.4. The van der Waals surface area contributed by atoms with Crippen molar-refractivity contribution in [2.24, 2.45) is 0 Å². The number of amides is 1. The van der Waals surface area contributed by atoms with Crippen molar-refractivity contribution in [2.45, 2.75) is 25.9 Å². The molecule has 0 aliphatic carbocycles. The fourth-order valence-corrected chi connectivity index (χ4v) is 4.83. The van der Waals surface area contributed by atoms with Crippen LogP contribution in [-0.2, 0) is 16.4 Å². The monoisotopic (exact) mass is 374 g/mol. The van der Waals surface area contributed by atoms with Crippen LogP contribution in [0.25, 0.3) is 0 Å². The SMILES string of the molecule is CCN(C(=O)c1cc(NCc2ccncc2)ccn1)C1CCS(=O)(=O)C1. The second-order valence-electron chi connectivity index (χ2n) is 6.29. The van der Waals surface area contributed by atoms with E-state index in [2.05, 4.69) is 15.3 Å². The van der Waals surface area contributed by atoms with Gasteiger partial charge >= 0.3 is 0 Å². The highest BCUT2D eigenvalue weighted by atomic mass is 32.2. The van der Waals surface area contributed by atoms with E-state index in [0.29, 0.717) is 25.2 Å². The molecule has 0 radical (unpaired) electrons. The average Bonchev–Trinajstić information content (AvgIpc) is 3.01. The minimum atomic E-state index is -3.05. The molecule has 138 valence electrons. The summed E-state index contributed by atoms with van der Waals surface area (Å²) in [5.41, 5.74) is 2.18. The lowest BCUT2D eigenvalue weighted by Crippen LogP contribution is -2.41. The lowest BCUT2D eigenvalue weighted by molar-refractivity contribution is 0.0702. The van der Waals surface area contributed by atoms with Crippen LogP contribution in [0, 0.1) is 0 Å². The highest BCUT2D eigenvalue weighted by Crippen LogP contribution is 2.20. The number of nitrogens with one attached hydrogen (secondary N) is 1. The van der Waals surface area contributed by atoms with Crippen molar-refractivity contribution in [1.82, 2.24) is 14.9 Å². The quantitative estimate of drug-likeness (QED) is 0.828. The van der Waals surface area contributed by atoms with Gasteiger partial charge in [0.2, 0.25) is 0 Å². The van der Waals surface area contributed by atoms with E-state index in [1.807, 2.05) is 19.1 Å². The summed E-state index contributed by atoms with van der Waals surface area (Å²) in [6.07, 6.45) is 5.53. The van der Waals surface area contributed by atoms with E-state index in [-0.39, 0.29) is 23.5 Å². The summed E-state index contributed by atoms with van der Waals surface area (Å²) in [6.45, 7) is 2.92. The molecule has 1 saturated heterocycles. The number of carbonyl (C=O) groups excluding carboxylic acids is 1. The maximum atomic E-state index is 12.8. The molecule has 2 aromatic rings. The minimum absolute atomic E-state index is 0.0343. The molecular weight excluding hydrogens is 352 g/mol. The smallest absolute Gasteiger partial charge is 0.272 e. The van der Waals surface area contributed by atoms with Crippen molar-refractivity contribution in [3.63, 3.8) is 0 Å². The molecule has 1 N–H and O–H groups in total. The Morgan fingerprint density at radius 2 is 2.04 bits per heavy atom. The van der Waals surface area contributed by atoms with Crippen molar-refractivity contribution >= 4 is 21.4 Å². The number of anilines is 1. The van der Waals surface area contributed by atoms with Gasteiger partial charge in [-0.05, 0) is 43.2 Å². The number of sulfone groups is 1. The van der Waals surface area contributed by atoms with Crippen molar-refractivity contribution in [2.75, 3.05) is 23.4 Å². The van der Waals surface area contributed by atoms with E-state index in [0.717, 1.165) is 11.3 Å². The van der Waals surface area contributed by atoms with E-state index < -0.39 is 9.84 Å². The molecule has 3 heterocycles. The highest BCUT2D eigenvalue weighted by Gasteiger charge is 2.34. The zero-order valence-corrected chi connectivity index (χ0v) is 15.4. The molecule has 0 spiro atoms. The third-order valence-electron chi connectivity index (χ3n) is 4.48. The molecule has 1 amide bonds. The predicted octanol–water partition coefficient (Wildman–Crippen LogP) is 1.74. The van der Waals surface area contributed by atoms with Gasteiger partial charge < -0.3 is 10.2 Å². The molecule has 26 heavy (non-hydrogen) atoms. The number of nitrogens with zero attached hydrogens (tertiary/aromatic N) is 3. The van der Waals surface area contributed by atoms with Gasteiger partial charge in [-0.3, -0.25) is 14.8 Å². The van der Waals surface area contributed by atoms with Gasteiger partial charge in [0.05, 0.1) is 11.5 Å². The van der Waals surface area contributed by atoms with Crippen LogP contribution in [0.15, 0.2) is 42.9 Å². The van der Waals surface area contributed by atoms with Crippen molar-refractivity contribution in [3.05, 3.63) is 54.1 Å². The van der Waals surface area contributed by atoms with Crippen LogP contribution in [0.3, 0.4) is 0 Å². The Balaban J connectivity index is 1.71. The molecule has 8 heteroatoms. The summed E-state index contributed by atoms with van der Waals surface area (Å²) in [5, 5.41) is 3.26. The predicted molar refractivity (Wildman–Crippen MR) is 99.6 cm³/mol. The van der Waals surface area contributed by atoms with Gasteiger partial charge in [0.25, 0.3) is 5.91 Å². The average molecular weight is 374 g/mol. The highest BCUT2D eigenvalue weighted by molar-refractivity contribution is 7.91. The molecule has 1 atom stereocenters. The van der Waals surface area contributed by atoms with E-state index in [1.165, 1.54) is 0 Å². The molecule has 0 saturated carbocycles. The van der Waals surface area contributed by atoms with Crippen LogP contribution >= 0.6 is 0 Å². The fraction of sp³-hybridized carbons (Fsp3) is 0.389. The molecule has 1 aliphatic heterocycles. The van der Waals surface area contributed by atoms with Crippen molar-refractivity contribution in [1.29, 1.82) is 0 Å². The maximum absolute atomic E-state index is 12.8. The molecule has 7 nitrogen and oxygen atoms in total. The summed E-state index contributed by atoms with van der Waals surface area (Å²) < 4.78 is 23.5. The Morgan fingerprint density at radius 1 is 1.27 bits per heavy atom. The van der Waals surface area contributed by atoms with E-state index in [9.17, 15) is 13.2 Å². The summed E-state index contributed by atoms with van der Waals surface area (Å²) in [5.74, 6) is -0.0585. The van der Waals surface area contributed by atoms with Gasteiger partial charge in [0, 0.05) is 43.4 Å². The Hall–Kier alpha value is -2.48. The second-order valence-corrected chi connectivity index (χ2v) is 8.52. The van der Waals surface area contributed by atoms with Crippen LogP contribution < -0.4 is 5.32 Å². The van der Waals surface area contributed by atoms with Crippen molar-refractivity contribution in [3.8, 4) is 0 Å². The van der Waals surface area contributed by atoms with Gasteiger partial charge in [0.15, 0.2) is 9.84 Å². The number of pyridine rings is 2. The first-order valence-electron chi connectivity index (χ1n) is 8.59. The van der Waals surface area contributed by atoms with Gasteiger partial charge in [0.1, 0.15) is 5.69 Å². The van der Waals surface area contributed by atoms with E-state index in [4.69, 9.17) is 0 Å². The number of rotatable bonds is 6. The fourth-order valence-electron chi connectivity index (χ4n) is 3.10. The first kappa shape index (κ1) is 18.3. The third kappa shape index (κ3) is 4.37. The molecule has 2 aromatic heterocycles. The Morgan fingerprint density at radius 3 is 2.69 bits per heavy atom. The van der Waals surface area contributed by atoms with Gasteiger partial charge in [-0.15, -0.1) is 0 Å². The zero-order valence-electron chi connectivity index (χ0n) is 14.6. The van der Waals surface area contributed by atoms with Crippen LogP contribution in [0.4, 0.5) is 5.69 Å². The summed E-state index contributed by atoms with van der Waals surface area (Å²) in [6, 6.07) is 7.07. The molecule has 1 fully saturated rings. The number of aromatic nitrogens is 2. The van der Waals surface area contributed by atoms with Gasteiger partial charge in [-0.25, -0.2) is 8.42 Å². The molecule has 0 aromatic carbocycles. The zero-order chi connectivity index (χ0) is 18.6. The number of hydrogen-bond acceptors (Lipinski definition) is 6. The first-order chi connectivity index (χ1) is 12.5. The third-order valence-corrected chi connectivity index (χ3v) is 6.23. The van der Waals surface area contributed by atoms with E-state index in [1.54, 1.807) is 35.6 Å². The van der Waals surface area contributed by atoms with Gasteiger partial charge in [-0.1, -0.05) is 0 Å². The maximum Gasteiger partial charge on any atom is 0.272 e. The summed E-state index contributed by atoms with van der Waals surface area (Å²) in [4.78, 5) is 22.6. The van der Waals surface area contributed by atoms with Crippen LogP contribution in [-0.4, -0.2) is 53.3 Å². The minimum Gasteiger partial charge on any atom is -0.381 e. The van der Waals surface area contributed by atoms with Crippen LogP contribution in [0.5, 0.6) is 0 Å². The Kier molecular flexibility index (Phi) is 5.51. The normalized spacial score (nSPS) is 18.4. The number of carbonyl (C=O) groups is 1. The lowest BCUT2D eigenvalue weighted by Gasteiger charge is -2.26. The standard InChI is InChI=1S/C18H22N4O3S/c1-2-22(16-6-10-26(24,25)13-16)18(23)17-11-15(5-9-20-17)21-12-14-3-7-19-8-4-14/h3-5,7-9,11,16H,2,6,10,12-13H2,1H3,(H,20,21). The Labute approximate surface area is 153 Å². The molecule has 0 bridgehead atoms. The molecule has 1 aliphatic rings. The van der Waals surface area contributed by atoms with E-state index >= 15 is 0 Å². The molecule has 1 unspecified atom stereocenters. The van der Waals surface area contributed by atoms with Gasteiger partial charge in [-0.2, -0.15) is 0 Å². The lowest BCUT2D eigenvalue weighted by atomic mass is 10.2. The van der Waals surface area contributed by atoms with Crippen LogP contribution in [0.1, 0.15) is 29.4 Å². The second kappa shape index (κ2) is 7.82. The molecule has 3 rings (SSSR count). The van der Waals surface area contributed by atoms with Crippen molar-refractivity contribution < 1.29 is 13.2 Å².